The van der Waals surface area contributed by atoms with Crippen LogP contribution in [0.15, 0.2) is 12.2 Å². The standard InChI is InChI=1S/C48H93NO11S/c1-3-5-7-9-11-13-15-17-18-19-20-21-22-23-24-26-28-30-32-34-36-38-44(52)49-41(42(51)37-35-33-31-29-27-25-16-14-12-10-8-6-4-2)40-58-48-46(54)47(60-61(55,56)57)45(53)43(39-50)59-48/h35,37,41-43,45-48,50-51,53-54H,3-34,36,38-40H2,1-2H3,(H,49,52)(H,55,56,57)/p-1/b37-35+/t41-,42+,43+,45-,46+,47-,48?/m0/s1. The van der Waals surface area contributed by atoms with Crippen LogP contribution >= 0.6 is 0 Å². The molecule has 362 valence electrons. The summed E-state index contributed by atoms with van der Waals surface area (Å²) in [5, 5.41) is 44.6. The first kappa shape index (κ1) is 57.9. The van der Waals surface area contributed by atoms with Gasteiger partial charge in [0.05, 0.1) is 25.4 Å². The van der Waals surface area contributed by atoms with Crippen molar-refractivity contribution < 1.29 is 51.8 Å². The number of hydrogen-bond acceptors (Lipinski definition) is 11. The maximum Gasteiger partial charge on any atom is 0.220 e. The minimum atomic E-state index is -5.33. The first-order chi connectivity index (χ1) is 29.5. The molecule has 0 radical (unpaired) electrons. The summed E-state index contributed by atoms with van der Waals surface area (Å²) < 4.78 is 49.4. The molecule has 61 heavy (non-hydrogen) atoms. The van der Waals surface area contributed by atoms with Gasteiger partial charge in [0.2, 0.25) is 16.3 Å². The Hall–Kier alpha value is -1.16. The van der Waals surface area contributed by atoms with Crippen molar-refractivity contribution in [1.29, 1.82) is 0 Å². The van der Waals surface area contributed by atoms with Gasteiger partial charge in [0.25, 0.3) is 0 Å². The highest BCUT2D eigenvalue weighted by atomic mass is 32.3. The first-order valence-corrected chi connectivity index (χ1v) is 26.4. The highest BCUT2D eigenvalue weighted by molar-refractivity contribution is 7.80. The molecule has 0 saturated carbocycles. The predicted octanol–water partition coefficient (Wildman–Crippen LogP) is 9.99. The molecule has 1 saturated heterocycles. The van der Waals surface area contributed by atoms with E-state index in [2.05, 4.69) is 23.3 Å². The van der Waals surface area contributed by atoms with E-state index in [0.717, 1.165) is 38.5 Å². The molecule has 7 atom stereocenters. The molecular weight excluding hydrogens is 799 g/mol. The number of carbonyl (C=O) groups excluding carboxylic acids is 1. The summed E-state index contributed by atoms with van der Waals surface area (Å²) in [5.74, 6) is -0.267. The summed E-state index contributed by atoms with van der Waals surface area (Å²) in [4.78, 5) is 13.0. The molecule has 0 aromatic carbocycles. The Kier molecular flexibility index (Phi) is 37.2. The van der Waals surface area contributed by atoms with Crippen LogP contribution in [0.4, 0.5) is 0 Å². The quantitative estimate of drug-likeness (QED) is 0.0169. The van der Waals surface area contributed by atoms with Gasteiger partial charge in [-0.25, -0.2) is 8.42 Å². The van der Waals surface area contributed by atoms with Crippen molar-refractivity contribution in [2.75, 3.05) is 13.2 Å². The average Bonchev–Trinajstić information content (AvgIpc) is 3.23. The Bertz CT molecular complexity index is 1140. The van der Waals surface area contributed by atoms with Crippen LogP contribution in [0, 0.1) is 0 Å². The first-order valence-electron chi connectivity index (χ1n) is 25.1. The lowest BCUT2D eigenvalue weighted by Crippen LogP contribution is -2.61. The average molecular weight is 891 g/mol. The minimum absolute atomic E-state index is 0.267. The molecule has 12 nitrogen and oxygen atoms in total. The van der Waals surface area contributed by atoms with Gasteiger partial charge in [0.1, 0.15) is 24.4 Å². The third kappa shape index (κ3) is 32.2. The number of hydrogen-bond donors (Lipinski definition) is 5. The molecule has 1 aliphatic heterocycles. The molecule has 1 rings (SSSR count). The van der Waals surface area contributed by atoms with Crippen molar-refractivity contribution in [2.45, 2.75) is 275 Å². The third-order valence-corrected chi connectivity index (χ3v) is 12.5. The highest BCUT2D eigenvalue weighted by Gasteiger charge is 2.47. The number of carbonyl (C=O) groups is 1. The Balaban J connectivity index is 2.42. The van der Waals surface area contributed by atoms with Crippen LogP contribution in [0.2, 0.25) is 0 Å². The zero-order valence-electron chi connectivity index (χ0n) is 38.7. The fourth-order valence-electron chi connectivity index (χ4n) is 8.16. The highest BCUT2D eigenvalue weighted by Crippen LogP contribution is 2.26. The van der Waals surface area contributed by atoms with E-state index in [1.165, 1.54) is 167 Å². The Morgan fingerprint density at radius 3 is 1.44 bits per heavy atom. The van der Waals surface area contributed by atoms with Crippen molar-refractivity contribution in [3.8, 4) is 0 Å². The van der Waals surface area contributed by atoms with E-state index in [1.807, 2.05) is 6.08 Å². The van der Waals surface area contributed by atoms with Gasteiger partial charge in [-0.2, -0.15) is 0 Å². The third-order valence-electron chi connectivity index (χ3n) is 12.1. The number of amides is 1. The number of unbranched alkanes of at least 4 members (excludes halogenated alkanes) is 31. The zero-order valence-corrected chi connectivity index (χ0v) is 39.5. The summed E-state index contributed by atoms with van der Waals surface area (Å²) in [6.07, 6.45) is 35.1. The van der Waals surface area contributed by atoms with Crippen molar-refractivity contribution in [2.24, 2.45) is 0 Å². The molecule has 13 heteroatoms. The van der Waals surface area contributed by atoms with Gasteiger partial charge in [0, 0.05) is 6.42 Å². The van der Waals surface area contributed by atoms with E-state index in [4.69, 9.17) is 9.47 Å². The van der Waals surface area contributed by atoms with Gasteiger partial charge in [-0.15, -0.1) is 0 Å². The van der Waals surface area contributed by atoms with Gasteiger partial charge in [-0.05, 0) is 19.3 Å². The van der Waals surface area contributed by atoms with Crippen LogP contribution in [0.1, 0.15) is 232 Å². The number of allylic oxidation sites excluding steroid dienone is 1. The predicted molar refractivity (Wildman–Crippen MR) is 244 cm³/mol. The molecule has 0 aromatic rings. The van der Waals surface area contributed by atoms with Crippen LogP contribution in [0.25, 0.3) is 0 Å². The lowest BCUT2D eigenvalue weighted by molar-refractivity contribution is -0.298. The van der Waals surface area contributed by atoms with E-state index in [0.29, 0.717) is 6.42 Å². The van der Waals surface area contributed by atoms with Gasteiger partial charge in [0.15, 0.2) is 6.29 Å². The summed E-state index contributed by atoms with van der Waals surface area (Å²) in [7, 11) is -5.33. The number of rotatable bonds is 43. The molecule has 0 aliphatic carbocycles. The maximum atomic E-state index is 13.0. The fourth-order valence-corrected chi connectivity index (χ4v) is 8.66. The van der Waals surface area contributed by atoms with Crippen LogP contribution in [0.3, 0.4) is 0 Å². The van der Waals surface area contributed by atoms with Gasteiger partial charge in [-0.3, -0.25) is 8.98 Å². The molecule has 0 aromatic heterocycles. The van der Waals surface area contributed by atoms with E-state index in [-0.39, 0.29) is 18.9 Å². The van der Waals surface area contributed by atoms with Gasteiger partial charge in [-0.1, -0.05) is 219 Å². The second-order valence-electron chi connectivity index (χ2n) is 17.7. The topological polar surface area (TPSA) is 195 Å². The molecule has 1 heterocycles. The Morgan fingerprint density at radius 1 is 0.656 bits per heavy atom. The maximum absolute atomic E-state index is 13.0. The molecule has 1 unspecified atom stereocenters. The monoisotopic (exact) mass is 891 g/mol. The van der Waals surface area contributed by atoms with Crippen molar-refractivity contribution in [1.82, 2.24) is 5.32 Å². The normalized spacial score (nSPS) is 20.7. The summed E-state index contributed by atoms with van der Waals surface area (Å²) in [6, 6.07) is -0.950. The van der Waals surface area contributed by atoms with Crippen LogP contribution < -0.4 is 5.32 Å². The lowest BCUT2D eigenvalue weighted by Gasteiger charge is -2.42. The molecule has 0 spiro atoms. The van der Waals surface area contributed by atoms with Crippen molar-refractivity contribution in [3.63, 3.8) is 0 Å². The van der Waals surface area contributed by atoms with E-state index in [1.54, 1.807) is 6.08 Å². The lowest BCUT2D eigenvalue weighted by atomic mass is 9.99. The van der Waals surface area contributed by atoms with Crippen LogP contribution in [-0.4, -0.2) is 95.4 Å². The smallest absolute Gasteiger partial charge is 0.220 e. The molecule has 0 bridgehead atoms. The van der Waals surface area contributed by atoms with Crippen LogP contribution in [-0.2, 0) is 28.9 Å². The molecule has 1 amide bonds. The summed E-state index contributed by atoms with van der Waals surface area (Å²) >= 11 is 0. The van der Waals surface area contributed by atoms with Crippen molar-refractivity contribution >= 4 is 16.3 Å². The number of nitrogens with one attached hydrogen (secondary N) is 1. The summed E-state index contributed by atoms with van der Waals surface area (Å²) in [6.45, 7) is 3.36. The minimum Gasteiger partial charge on any atom is -0.726 e. The zero-order chi connectivity index (χ0) is 44.8. The molecule has 1 fully saturated rings. The number of ether oxygens (including phenoxy) is 2. The molecular formula is C48H92NO11S-. The van der Waals surface area contributed by atoms with E-state index < -0.39 is 59.9 Å². The molecule has 5 N–H and O–H groups in total. The van der Waals surface area contributed by atoms with E-state index >= 15 is 0 Å². The SMILES string of the molecule is CCCCCCCCCCCCC/C=C/[C@@H](O)[C@H](COC1O[C@H](CO)[C@H](O)[C@H](OS(=O)(=O)[O-])[C@H]1O)NC(=O)CCCCCCCCCCCCCCCCCCCCCCC. The van der Waals surface area contributed by atoms with Crippen molar-refractivity contribution in [3.05, 3.63) is 12.2 Å². The van der Waals surface area contributed by atoms with Gasteiger partial charge >= 0.3 is 0 Å². The second kappa shape index (κ2) is 39.2. The second-order valence-corrected chi connectivity index (χ2v) is 18.8. The number of aliphatic hydroxyl groups excluding tert-OH is 4. The largest absolute Gasteiger partial charge is 0.726 e. The Labute approximate surface area is 372 Å². The van der Waals surface area contributed by atoms with Gasteiger partial charge < -0.3 is 39.8 Å². The number of aliphatic hydroxyl groups is 4. The molecule has 1 aliphatic rings. The van der Waals surface area contributed by atoms with E-state index in [9.17, 15) is 38.2 Å². The fraction of sp³-hybridized carbons (Fsp3) is 0.938. The Morgan fingerprint density at radius 2 is 1.05 bits per heavy atom. The van der Waals surface area contributed by atoms with Crippen LogP contribution in [0.5, 0.6) is 0 Å². The summed E-state index contributed by atoms with van der Waals surface area (Å²) in [5.41, 5.74) is 0.